The first-order valence-corrected chi connectivity index (χ1v) is 13.3. The van der Waals surface area contributed by atoms with Gasteiger partial charge >= 0.3 is 0 Å². The van der Waals surface area contributed by atoms with Crippen molar-refractivity contribution in [3.8, 4) is 22.6 Å². The zero-order chi connectivity index (χ0) is 29.0. The van der Waals surface area contributed by atoms with E-state index in [1.165, 1.54) is 24.9 Å². The molecule has 0 spiro atoms. The number of rotatable bonds is 12. The zero-order valence-electron chi connectivity index (χ0n) is 22.7. The zero-order valence-corrected chi connectivity index (χ0v) is 24.2. The number of hydrogen-bond acceptors (Lipinski definition) is 9. The number of likely N-dealkylation sites (tertiary alicyclic amines) is 1. The van der Waals surface area contributed by atoms with Gasteiger partial charge in [0, 0.05) is 49.5 Å². The molecule has 1 aromatic carbocycles. The Hall–Kier alpha value is -3.38. The second-order valence-corrected chi connectivity index (χ2v) is 9.97. The summed E-state index contributed by atoms with van der Waals surface area (Å²) in [5, 5.41) is 4.09. The number of halogens is 2. The van der Waals surface area contributed by atoms with Crippen molar-refractivity contribution in [3.05, 3.63) is 51.4 Å². The molecular weight excluding hydrogens is 561 g/mol. The number of hydrogen-bond donors (Lipinski definition) is 1. The van der Waals surface area contributed by atoms with E-state index in [2.05, 4.69) is 21.9 Å². The molecule has 214 valence electrons. The highest BCUT2D eigenvalue weighted by Gasteiger charge is 2.30. The lowest BCUT2D eigenvalue weighted by Gasteiger charge is -2.38. The van der Waals surface area contributed by atoms with E-state index in [0.717, 1.165) is 0 Å². The highest BCUT2D eigenvalue weighted by atomic mass is 35.5. The van der Waals surface area contributed by atoms with E-state index in [1.807, 2.05) is 6.92 Å². The molecule has 3 aromatic rings. The molecule has 11 nitrogen and oxygen atoms in total. The summed E-state index contributed by atoms with van der Waals surface area (Å²) in [6.45, 7) is 7.18. The van der Waals surface area contributed by atoms with Gasteiger partial charge in [0.15, 0.2) is 0 Å². The molecule has 1 N–H and O–H groups in total. The van der Waals surface area contributed by atoms with Crippen molar-refractivity contribution in [2.45, 2.75) is 25.6 Å². The van der Waals surface area contributed by atoms with Gasteiger partial charge in [-0.3, -0.25) is 14.2 Å². The third-order valence-electron chi connectivity index (χ3n) is 6.46. The van der Waals surface area contributed by atoms with Crippen LogP contribution >= 0.6 is 23.2 Å². The summed E-state index contributed by atoms with van der Waals surface area (Å²) in [6.07, 6.45) is 2.76. The summed E-state index contributed by atoms with van der Waals surface area (Å²) in [5.74, 6) is 0.810. The number of fused-ring (bicyclic) bond motifs is 1. The predicted molar refractivity (Wildman–Crippen MR) is 154 cm³/mol. The number of nitrogens with zero attached hydrogens (tertiary/aromatic N) is 4. The van der Waals surface area contributed by atoms with Crippen LogP contribution in [0.1, 0.15) is 6.92 Å². The average molecular weight is 592 g/mol. The van der Waals surface area contributed by atoms with E-state index in [1.54, 1.807) is 30.3 Å². The molecule has 1 aliphatic heterocycles. The van der Waals surface area contributed by atoms with Gasteiger partial charge in [-0.25, -0.2) is 4.98 Å². The summed E-state index contributed by atoms with van der Waals surface area (Å²) >= 11 is 13.3. The topological polar surface area (TPSA) is 117 Å². The van der Waals surface area contributed by atoms with Crippen LogP contribution in [-0.4, -0.2) is 85.1 Å². The SMILES string of the molecule is C=CC(=O)N1CC(OCCn2c(=O)c(-c3c(Cl)c(OC)cc(OC)c3Cl)cc3cnc(NC(C)COC)nc32)C1. The van der Waals surface area contributed by atoms with E-state index < -0.39 is 0 Å². The monoisotopic (exact) mass is 591 g/mol. The van der Waals surface area contributed by atoms with Crippen molar-refractivity contribution in [2.75, 3.05) is 52.9 Å². The Morgan fingerprint density at radius 2 is 1.88 bits per heavy atom. The van der Waals surface area contributed by atoms with Crippen molar-refractivity contribution in [1.82, 2.24) is 19.4 Å². The minimum Gasteiger partial charge on any atom is -0.495 e. The molecule has 2 aromatic heterocycles. The molecule has 0 radical (unpaired) electrons. The molecule has 4 rings (SSSR count). The van der Waals surface area contributed by atoms with Crippen molar-refractivity contribution >= 4 is 46.1 Å². The van der Waals surface area contributed by atoms with Gasteiger partial charge < -0.3 is 29.2 Å². The van der Waals surface area contributed by atoms with E-state index in [0.29, 0.717) is 48.2 Å². The maximum atomic E-state index is 14.0. The summed E-state index contributed by atoms with van der Waals surface area (Å²) in [4.78, 5) is 36.4. The standard InChI is InChI=1S/C27H31Cl2N5O6/c1-6-21(35)33-12-17(13-33)40-8-7-34-25-16(11-30-27(32-25)31-15(2)14-37-3)9-18(26(34)36)22-23(28)19(38-4)10-20(39-5)24(22)29/h6,9-11,15,17H,1,7-8,12-14H2,2-5H3,(H,30,31,32). The average Bonchev–Trinajstić information content (AvgIpc) is 2.91. The Morgan fingerprint density at radius 3 is 2.48 bits per heavy atom. The fourth-order valence-electron chi connectivity index (χ4n) is 4.41. The summed E-state index contributed by atoms with van der Waals surface area (Å²) in [7, 11) is 4.54. The highest BCUT2D eigenvalue weighted by Crippen LogP contribution is 2.45. The third kappa shape index (κ3) is 6.02. The minimum absolute atomic E-state index is 0.0630. The molecule has 1 unspecified atom stereocenters. The van der Waals surface area contributed by atoms with Crippen LogP contribution in [0.2, 0.25) is 10.0 Å². The van der Waals surface area contributed by atoms with Crippen LogP contribution in [0.4, 0.5) is 5.95 Å². The van der Waals surface area contributed by atoms with Crippen molar-refractivity contribution in [1.29, 1.82) is 0 Å². The normalized spacial score (nSPS) is 14.1. The highest BCUT2D eigenvalue weighted by molar-refractivity contribution is 6.41. The molecule has 1 fully saturated rings. The number of aromatic nitrogens is 3. The second kappa shape index (κ2) is 12.9. The summed E-state index contributed by atoms with van der Waals surface area (Å²) < 4.78 is 23.4. The smallest absolute Gasteiger partial charge is 0.260 e. The first-order valence-electron chi connectivity index (χ1n) is 12.5. The van der Waals surface area contributed by atoms with Crippen LogP contribution in [0.5, 0.6) is 11.5 Å². The number of methoxy groups -OCH3 is 3. The van der Waals surface area contributed by atoms with E-state index in [4.69, 9.17) is 42.1 Å². The number of ether oxygens (including phenoxy) is 4. The first kappa shape index (κ1) is 29.6. The Kier molecular flexibility index (Phi) is 9.52. The summed E-state index contributed by atoms with van der Waals surface area (Å²) in [6, 6.07) is 3.14. The van der Waals surface area contributed by atoms with Crippen LogP contribution in [0, 0.1) is 0 Å². The molecule has 3 heterocycles. The fraction of sp³-hybridized carbons (Fsp3) is 0.407. The van der Waals surface area contributed by atoms with Crippen LogP contribution in [-0.2, 0) is 20.8 Å². The lowest BCUT2D eigenvalue weighted by atomic mass is 10.0. The van der Waals surface area contributed by atoms with Crippen molar-refractivity contribution < 1.29 is 23.7 Å². The van der Waals surface area contributed by atoms with Gasteiger partial charge in [-0.2, -0.15) is 4.98 Å². The molecule has 0 saturated carbocycles. The van der Waals surface area contributed by atoms with Crippen molar-refractivity contribution in [3.63, 3.8) is 0 Å². The molecular formula is C27H31Cl2N5O6. The number of carbonyl (C=O) groups is 1. The number of benzene rings is 1. The lowest BCUT2D eigenvalue weighted by molar-refractivity contribution is -0.139. The molecule has 0 aliphatic carbocycles. The van der Waals surface area contributed by atoms with Crippen LogP contribution in [0.15, 0.2) is 35.8 Å². The molecule has 1 atom stereocenters. The quantitative estimate of drug-likeness (QED) is 0.315. The van der Waals surface area contributed by atoms with Crippen molar-refractivity contribution in [2.24, 2.45) is 0 Å². The van der Waals surface area contributed by atoms with Gasteiger partial charge in [0.1, 0.15) is 17.1 Å². The van der Waals surface area contributed by atoms with Gasteiger partial charge in [0.05, 0.1) is 55.7 Å². The van der Waals surface area contributed by atoms with Crippen LogP contribution in [0.25, 0.3) is 22.2 Å². The van der Waals surface area contributed by atoms with E-state index in [-0.39, 0.29) is 57.9 Å². The van der Waals surface area contributed by atoms with Gasteiger partial charge in [0.25, 0.3) is 5.56 Å². The number of nitrogens with one attached hydrogen (secondary N) is 1. The molecule has 13 heteroatoms. The van der Waals surface area contributed by atoms with Gasteiger partial charge in [-0.05, 0) is 19.1 Å². The van der Waals surface area contributed by atoms with Crippen LogP contribution in [0.3, 0.4) is 0 Å². The first-order chi connectivity index (χ1) is 19.2. The fourth-order valence-corrected chi connectivity index (χ4v) is 5.12. The molecule has 0 bridgehead atoms. The largest absolute Gasteiger partial charge is 0.495 e. The van der Waals surface area contributed by atoms with E-state index >= 15 is 0 Å². The number of anilines is 1. The molecule has 1 amide bonds. The molecule has 40 heavy (non-hydrogen) atoms. The van der Waals surface area contributed by atoms with Gasteiger partial charge in [0.2, 0.25) is 11.9 Å². The lowest BCUT2D eigenvalue weighted by Crippen LogP contribution is -2.54. The minimum atomic E-state index is -0.387. The predicted octanol–water partition coefficient (Wildman–Crippen LogP) is 3.64. The second-order valence-electron chi connectivity index (χ2n) is 9.21. The van der Waals surface area contributed by atoms with Gasteiger partial charge in [-0.15, -0.1) is 0 Å². The Balaban J connectivity index is 1.76. The van der Waals surface area contributed by atoms with Crippen LogP contribution < -0.4 is 20.3 Å². The Bertz CT molecular complexity index is 1450. The Labute approximate surface area is 241 Å². The Morgan fingerprint density at radius 1 is 1.20 bits per heavy atom. The number of amides is 1. The number of carbonyl (C=O) groups excluding carboxylic acids is 1. The maximum Gasteiger partial charge on any atom is 0.260 e. The van der Waals surface area contributed by atoms with E-state index in [9.17, 15) is 9.59 Å². The molecule has 1 aliphatic rings. The molecule has 1 saturated heterocycles. The maximum absolute atomic E-state index is 14.0. The number of pyridine rings is 1. The third-order valence-corrected chi connectivity index (χ3v) is 7.22. The summed E-state index contributed by atoms with van der Waals surface area (Å²) in [5.41, 5.74) is 0.512. The van der Waals surface area contributed by atoms with Gasteiger partial charge in [-0.1, -0.05) is 29.8 Å².